The monoisotopic (exact) mass is 223 g/mol. The molecule has 4 nitrogen and oxygen atoms in total. The largest absolute Gasteiger partial charge is 0.395 e. The first-order valence-corrected chi connectivity index (χ1v) is 6.22. The molecule has 1 aromatic rings. The molecule has 0 aliphatic heterocycles. The second kappa shape index (κ2) is 6.01. The zero-order valence-electron chi connectivity index (χ0n) is 9.73. The van der Waals surface area contributed by atoms with Crippen LogP contribution in [-0.4, -0.2) is 39.2 Å². The summed E-state index contributed by atoms with van der Waals surface area (Å²) in [4.78, 5) is 9.55. The van der Waals surface area contributed by atoms with Crippen molar-refractivity contribution in [2.75, 3.05) is 13.2 Å². The van der Waals surface area contributed by atoms with Gasteiger partial charge < -0.3 is 10.1 Å². The molecule has 0 spiro atoms. The van der Waals surface area contributed by atoms with E-state index in [1.54, 1.807) is 6.33 Å². The van der Waals surface area contributed by atoms with Crippen LogP contribution < -0.4 is 0 Å². The molecular formula is C12H21N3O. The van der Waals surface area contributed by atoms with E-state index >= 15 is 0 Å². The summed E-state index contributed by atoms with van der Waals surface area (Å²) in [6, 6.07) is 0.643. The molecule has 1 saturated carbocycles. The van der Waals surface area contributed by atoms with Crippen LogP contribution in [0.3, 0.4) is 0 Å². The van der Waals surface area contributed by atoms with Crippen molar-refractivity contribution in [3.63, 3.8) is 0 Å². The Labute approximate surface area is 96.7 Å². The molecule has 0 saturated heterocycles. The first-order chi connectivity index (χ1) is 7.90. The number of aliphatic hydroxyl groups excluding tert-OH is 1. The number of aromatic nitrogens is 2. The second-order valence-electron chi connectivity index (χ2n) is 4.56. The number of aromatic amines is 1. The Bertz CT molecular complexity index is 280. The number of nitrogens with one attached hydrogen (secondary N) is 1. The zero-order chi connectivity index (χ0) is 11.2. The summed E-state index contributed by atoms with van der Waals surface area (Å²) in [5.74, 6) is 0. The Kier molecular flexibility index (Phi) is 4.36. The van der Waals surface area contributed by atoms with Crippen LogP contribution in [-0.2, 0) is 6.54 Å². The van der Waals surface area contributed by atoms with E-state index in [0.717, 1.165) is 18.8 Å². The van der Waals surface area contributed by atoms with Crippen LogP contribution in [0, 0.1) is 0 Å². The van der Waals surface area contributed by atoms with Crippen LogP contribution >= 0.6 is 0 Å². The van der Waals surface area contributed by atoms with Gasteiger partial charge in [-0.2, -0.15) is 0 Å². The number of nitrogens with zero attached hydrogens (tertiary/aromatic N) is 2. The first-order valence-electron chi connectivity index (χ1n) is 6.22. The average Bonchev–Trinajstić information content (AvgIpc) is 2.83. The fourth-order valence-corrected chi connectivity index (χ4v) is 2.56. The predicted octanol–water partition coefficient (Wildman–Crippen LogP) is 1.54. The van der Waals surface area contributed by atoms with Gasteiger partial charge in [0.15, 0.2) is 0 Å². The topological polar surface area (TPSA) is 52.1 Å². The van der Waals surface area contributed by atoms with E-state index in [1.807, 2.05) is 6.20 Å². The maximum Gasteiger partial charge on any atom is 0.0922 e. The molecule has 0 aromatic carbocycles. The van der Waals surface area contributed by atoms with Crippen LogP contribution in [0.1, 0.15) is 37.8 Å². The molecule has 1 aliphatic carbocycles. The molecule has 2 N–H and O–H groups in total. The third-order valence-electron chi connectivity index (χ3n) is 3.41. The van der Waals surface area contributed by atoms with Gasteiger partial charge in [-0.1, -0.05) is 19.3 Å². The van der Waals surface area contributed by atoms with Gasteiger partial charge in [0.2, 0.25) is 0 Å². The molecule has 1 aliphatic rings. The van der Waals surface area contributed by atoms with Gasteiger partial charge in [0.1, 0.15) is 0 Å². The first kappa shape index (κ1) is 11.6. The van der Waals surface area contributed by atoms with E-state index in [9.17, 15) is 0 Å². The molecule has 0 amide bonds. The van der Waals surface area contributed by atoms with Gasteiger partial charge in [0, 0.05) is 31.0 Å². The van der Waals surface area contributed by atoms with E-state index in [4.69, 9.17) is 5.11 Å². The van der Waals surface area contributed by atoms with Crippen molar-refractivity contribution < 1.29 is 5.11 Å². The quantitative estimate of drug-likeness (QED) is 0.796. The van der Waals surface area contributed by atoms with Gasteiger partial charge in [-0.25, -0.2) is 4.98 Å². The Hall–Kier alpha value is -0.870. The summed E-state index contributed by atoms with van der Waals surface area (Å²) in [5, 5.41) is 9.13. The summed E-state index contributed by atoms with van der Waals surface area (Å²) in [7, 11) is 0. The highest BCUT2D eigenvalue weighted by atomic mass is 16.3. The van der Waals surface area contributed by atoms with Crippen molar-refractivity contribution in [1.82, 2.24) is 14.9 Å². The highest BCUT2D eigenvalue weighted by molar-refractivity contribution is 4.95. The van der Waals surface area contributed by atoms with Gasteiger partial charge in [-0.3, -0.25) is 4.90 Å². The van der Waals surface area contributed by atoms with Crippen LogP contribution in [0.5, 0.6) is 0 Å². The normalized spacial score (nSPS) is 18.1. The van der Waals surface area contributed by atoms with Crippen LogP contribution in [0.25, 0.3) is 0 Å². The van der Waals surface area contributed by atoms with Crippen molar-refractivity contribution >= 4 is 0 Å². The molecule has 0 atom stereocenters. The molecule has 4 heteroatoms. The minimum absolute atomic E-state index is 0.241. The summed E-state index contributed by atoms with van der Waals surface area (Å²) in [6.07, 6.45) is 10.2. The molecule has 0 radical (unpaired) electrons. The molecule has 2 rings (SSSR count). The van der Waals surface area contributed by atoms with E-state index in [0.29, 0.717) is 6.04 Å². The van der Waals surface area contributed by atoms with Crippen molar-refractivity contribution in [2.45, 2.75) is 44.7 Å². The van der Waals surface area contributed by atoms with E-state index in [1.165, 1.54) is 32.1 Å². The summed E-state index contributed by atoms with van der Waals surface area (Å²) >= 11 is 0. The summed E-state index contributed by atoms with van der Waals surface area (Å²) in [6.45, 7) is 1.89. The maximum absolute atomic E-state index is 9.13. The van der Waals surface area contributed by atoms with Gasteiger partial charge in [0.05, 0.1) is 12.9 Å². The third-order valence-corrected chi connectivity index (χ3v) is 3.41. The molecule has 1 fully saturated rings. The Morgan fingerprint density at radius 1 is 1.38 bits per heavy atom. The minimum atomic E-state index is 0.241. The van der Waals surface area contributed by atoms with Gasteiger partial charge in [-0.05, 0) is 12.8 Å². The summed E-state index contributed by atoms with van der Waals surface area (Å²) in [5.41, 5.74) is 1.14. The van der Waals surface area contributed by atoms with Crippen molar-refractivity contribution in [3.05, 3.63) is 18.2 Å². The lowest BCUT2D eigenvalue weighted by Gasteiger charge is -2.33. The van der Waals surface area contributed by atoms with Gasteiger partial charge in [0.25, 0.3) is 0 Å². The SMILES string of the molecule is OCCN(Cc1cnc[nH]1)C1CCCCC1. The Morgan fingerprint density at radius 3 is 2.81 bits per heavy atom. The Balaban J connectivity index is 1.92. The van der Waals surface area contributed by atoms with Gasteiger partial charge in [-0.15, -0.1) is 0 Å². The number of rotatable bonds is 5. The average molecular weight is 223 g/mol. The number of hydrogen-bond donors (Lipinski definition) is 2. The molecule has 1 heterocycles. The van der Waals surface area contributed by atoms with Crippen molar-refractivity contribution in [3.8, 4) is 0 Å². The molecule has 1 aromatic heterocycles. The van der Waals surface area contributed by atoms with Crippen LogP contribution in [0.15, 0.2) is 12.5 Å². The molecule has 0 unspecified atom stereocenters. The third kappa shape index (κ3) is 3.06. The van der Waals surface area contributed by atoms with Crippen molar-refractivity contribution in [1.29, 1.82) is 0 Å². The molecular weight excluding hydrogens is 202 g/mol. The number of imidazole rings is 1. The number of hydrogen-bond acceptors (Lipinski definition) is 3. The van der Waals surface area contributed by atoms with Crippen LogP contribution in [0.4, 0.5) is 0 Å². The highest BCUT2D eigenvalue weighted by Crippen LogP contribution is 2.23. The fraction of sp³-hybridized carbons (Fsp3) is 0.750. The smallest absolute Gasteiger partial charge is 0.0922 e. The van der Waals surface area contributed by atoms with Crippen LogP contribution in [0.2, 0.25) is 0 Å². The minimum Gasteiger partial charge on any atom is -0.395 e. The van der Waals surface area contributed by atoms with E-state index < -0.39 is 0 Å². The number of H-pyrrole nitrogens is 1. The second-order valence-corrected chi connectivity index (χ2v) is 4.56. The van der Waals surface area contributed by atoms with Gasteiger partial charge >= 0.3 is 0 Å². The highest BCUT2D eigenvalue weighted by Gasteiger charge is 2.20. The molecule has 90 valence electrons. The standard InChI is InChI=1S/C12H21N3O/c16-7-6-15(9-11-8-13-10-14-11)12-4-2-1-3-5-12/h8,10,12,16H,1-7,9H2,(H,13,14). The Morgan fingerprint density at radius 2 is 2.19 bits per heavy atom. The molecule has 16 heavy (non-hydrogen) atoms. The summed E-state index contributed by atoms with van der Waals surface area (Å²) < 4.78 is 0. The molecule has 0 bridgehead atoms. The predicted molar refractivity (Wildman–Crippen MR) is 63.0 cm³/mol. The lowest BCUT2D eigenvalue weighted by Crippen LogP contribution is -2.38. The van der Waals surface area contributed by atoms with E-state index in [2.05, 4.69) is 14.9 Å². The lowest BCUT2D eigenvalue weighted by atomic mass is 9.94. The lowest BCUT2D eigenvalue weighted by molar-refractivity contribution is 0.116. The zero-order valence-corrected chi connectivity index (χ0v) is 9.73. The maximum atomic E-state index is 9.13. The van der Waals surface area contributed by atoms with Crippen molar-refractivity contribution in [2.24, 2.45) is 0 Å². The fourth-order valence-electron chi connectivity index (χ4n) is 2.56. The van der Waals surface area contributed by atoms with E-state index in [-0.39, 0.29) is 6.61 Å². The number of aliphatic hydroxyl groups is 1.